The number of hydrogen-bond acceptors (Lipinski definition) is 6. The van der Waals surface area contributed by atoms with Gasteiger partial charge in [0.15, 0.2) is 0 Å². The third-order valence-electron chi connectivity index (χ3n) is 5.99. The number of allylic oxidation sites excluding steroid dienone is 2. The summed E-state index contributed by atoms with van der Waals surface area (Å²) in [5.41, 5.74) is 11.8. The van der Waals surface area contributed by atoms with E-state index < -0.39 is 0 Å². The van der Waals surface area contributed by atoms with Crippen LogP contribution >= 0.6 is 24.8 Å². The molecule has 2 fully saturated rings. The van der Waals surface area contributed by atoms with Crippen LogP contribution in [0.15, 0.2) is 24.3 Å². The lowest BCUT2D eigenvalue weighted by atomic mass is 9.90. The largest absolute Gasteiger partial charge is 0.469 e. The molecule has 4 aliphatic carbocycles. The maximum Gasteiger partial charge on any atom is 0.310 e. The summed E-state index contributed by atoms with van der Waals surface area (Å²) in [6.45, 7) is 0. The third-order valence-corrected chi connectivity index (χ3v) is 5.99. The zero-order valence-corrected chi connectivity index (χ0v) is 16.6. The van der Waals surface area contributed by atoms with E-state index in [0.29, 0.717) is 23.7 Å². The zero-order valence-electron chi connectivity index (χ0n) is 14.9. The predicted molar refractivity (Wildman–Crippen MR) is 103 cm³/mol. The molecule has 0 amide bonds. The highest BCUT2D eigenvalue weighted by Gasteiger charge is 2.47. The molecule has 0 saturated heterocycles. The lowest BCUT2D eigenvalue weighted by Crippen LogP contribution is -2.39. The van der Waals surface area contributed by atoms with E-state index in [9.17, 15) is 9.59 Å². The van der Waals surface area contributed by atoms with Crippen LogP contribution in [0.1, 0.15) is 12.8 Å². The SMILES string of the molecule is COC(=O)[C@@H]1[C@H](N)[C@@H]2C=C[C@H]1C2.COC(=O)[C@H]1[C@@H](N)[C@H]2C=C[C@@H]1C2.Cl.Cl. The van der Waals surface area contributed by atoms with Crippen molar-refractivity contribution >= 4 is 36.8 Å². The summed E-state index contributed by atoms with van der Waals surface area (Å²) in [6, 6.07) is -0.0418. The second-order valence-corrected chi connectivity index (χ2v) is 7.15. The molecule has 6 nitrogen and oxygen atoms in total. The highest BCUT2D eigenvalue weighted by atomic mass is 35.5. The van der Waals surface area contributed by atoms with Crippen LogP contribution in [0.3, 0.4) is 0 Å². The Balaban J connectivity index is 0.000000241. The Labute approximate surface area is 166 Å². The van der Waals surface area contributed by atoms with Crippen LogP contribution in [-0.2, 0) is 19.1 Å². The monoisotopic (exact) mass is 406 g/mol. The molecule has 0 heterocycles. The highest BCUT2D eigenvalue weighted by Crippen LogP contribution is 2.43. The molecule has 8 heteroatoms. The fourth-order valence-corrected chi connectivity index (χ4v) is 4.66. The molecular formula is C18H28Cl2N2O4. The van der Waals surface area contributed by atoms with Gasteiger partial charge >= 0.3 is 11.9 Å². The third kappa shape index (κ3) is 3.93. The summed E-state index contributed by atoms with van der Waals surface area (Å²) in [7, 11) is 2.84. The number of fused-ring (bicyclic) bond motifs is 4. The van der Waals surface area contributed by atoms with Crippen LogP contribution in [0.2, 0.25) is 0 Å². The molecule has 0 aromatic carbocycles. The van der Waals surface area contributed by atoms with Crippen LogP contribution in [0.5, 0.6) is 0 Å². The number of carbonyl (C=O) groups excluding carboxylic acids is 2. The molecule has 0 unspecified atom stereocenters. The first-order chi connectivity index (χ1) is 11.5. The average molecular weight is 407 g/mol. The molecule has 0 aliphatic heterocycles. The van der Waals surface area contributed by atoms with Gasteiger partial charge in [0.2, 0.25) is 0 Å². The normalized spacial score (nSPS) is 40.2. The molecule has 4 rings (SSSR count). The summed E-state index contributed by atoms with van der Waals surface area (Å²) in [5, 5.41) is 0. The Morgan fingerprint density at radius 2 is 1.04 bits per heavy atom. The zero-order chi connectivity index (χ0) is 17.4. The van der Waals surface area contributed by atoms with Gasteiger partial charge in [-0.05, 0) is 36.5 Å². The van der Waals surface area contributed by atoms with E-state index in [1.807, 2.05) is 0 Å². The summed E-state index contributed by atoms with van der Waals surface area (Å²) in [5.74, 6) is 0.974. The number of esters is 2. The van der Waals surface area contributed by atoms with Crippen LogP contribution in [0.4, 0.5) is 0 Å². The lowest BCUT2D eigenvalue weighted by molar-refractivity contribution is -0.147. The fourth-order valence-electron chi connectivity index (χ4n) is 4.66. The number of ether oxygens (including phenoxy) is 2. The average Bonchev–Trinajstić information content (AvgIpc) is 3.34. The van der Waals surface area contributed by atoms with E-state index >= 15 is 0 Å². The van der Waals surface area contributed by atoms with E-state index in [1.54, 1.807) is 0 Å². The lowest BCUT2D eigenvalue weighted by Gasteiger charge is -2.21. The standard InChI is InChI=1S/2C9H13NO2.2ClH/c2*1-12-9(11)7-5-2-3-6(4-5)8(7)10;;/h2*2-3,5-8H,4,10H2,1H3;2*1H/t2*5-,6+,7-,8+;;/m10../s1. The second kappa shape index (κ2) is 9.22. The van der Waals surface area contributed by atoms with Gasteiger partial charge < -0.3 is 20.9 Å². The number of methoxy groups -OCH3 is 2. The smallest absolute Gasteiger partial charge is 0.310 e. The fraction of sp³-hybridized carbons (Fsp3) is 0.667. The van der Waals surface area contributed by atoms with Crippen molar-refractivity contribution < 1.29 is 19.1 Å². The first-order valence-corrected chi connectivity index (χ1v) is 8.51. The van der Waals surface area contributed by atoms with Gasteiger partial charge in [-0.2, -0.15) is 0 Å². The minimum atomic E-state index is -0.153. The number of halogens is 2. The van der Waals surface area contributed by atoms with Crippen LogP contribution in [0.25, 0.3) is 0 Å². The van der Waals surface area contributed by atoms with Gasteiger partial charge in [-0.1, -0.05) is 24.3 Å². The Morgan fingerprint density at radius 1 is 0.731 bits per heavy atom. The molecule has 26 heavy (non-hydrogen) atoms. The van der Waals surface area contributed by atoms with Gasteiger partial charge in [0, 0.05) is 12.1 Å². The second-order valence-electron chi connectivity index (χ2n) is 7.15. The molecule has 148 valence electrons. The topological polar surface area (TPSA) is 105 Å². The van der Waals surface area contributed by atoms with Gasteiger partial charge in [-0.25, -0.2) is 0 Å². The highest BCUT2D eigenvalue weighted by molar-refractivity contribution is 5.85. The molecule has 0 radical (unpaired) electrons. The maximum atomic E-state index is 11.3. The van der Waals surface area contributed by atoms with Crippen LogP contribution in [-0.4, -0.2) is 38.2 Å². The number of nitrogens with two attached hydrogens (primary N) is 2. The van der Waals surface area contributed by atoms with Crippen molar-refractivity contribution in [1.82, 2.24) is 0 Å². The van der Waals surface area contributed by atoms with Gasteiger partial charge in [0.25, 0.3) is 0 Å². The van der Waals surface area contributed by atoms with Gasteiger partial charge in [-0.3, -0.25) is 9.59 Å². The van der Waals surface area contributed by atoms with Crippen molar-refractivity contribution in [2.24, 2.45) is 47.0 Å². The number of carbonyl (C=O) groups is 2. The molecule has 0 spiro atoms. The molecule has 8 atom stereocenters. The van der Waals surface area contributed by atoms with E-state index in [1.165, 1.54) is 14.2 Å². The molecule has 2 saturated carbocycles. The van der Waals surface area contributed by atoms with E-state index in [-0.39, 0.29) is 60.7 Å². The molecule has 0 aromatic rings. The van der Waals surface area contributed by atoms with E-state index in [0.717, 1.165) is 12.8 Å². The van der Waals surface area contributed by atoms with Crippen molar-refractivity contribution in [2.45, 2.75) is 24.9 Å². The summed E-state index contributed by atoms with van der Waals surface area (Å²) in [6.07, 6.45) is 10.5. The Kier molecular flexibility index (Phi) is 8.14. The minimum Gasteiger partial charge on any atom is -0.469 e. The predicted octanol–water partition coefficient (Wildman–Crippen LogP) is 1.46. The quantitative estimate of drug-likeness (QED) is 0.531. The van der Waals surface area contributed by atoms with E-state index in [4.69, 9.17) is 20.9 Å². The molecule has 4 N–H and O–H groups in total. The molecule has 4 bridgehead atoms. The van der Waals surface area contributed by atoms with Crippen LogP contribution in [0, 0.1) is 35.5 Å². The molecular weight excluding hydrogens is 379 g/mol. The Bertz CT molecular complexity index is 534. The maximum absolute atomic E-state index is 11.3. The van der Waals surface area contributed by atoms with Crippen molar-refractivity contribution in [1.29, 1.82) is 0 Å². The minimum absolute atomic E-state index is 0. The van der Waals surface area contributed by atoms with Crippen molar-refractivity contribution in [3.8, 4) is 0 Å². The molecule has 4 aliphatic rings. The Hall–Kier alpha value is -1.08. The van der Waals surface area contributed by atoms with Gasteiger partial charge in [-0.15, -0.1) is 24.8 Å². The first-order valence-electron chi connectivity index (χ1n) is 8.51. The van der Waals surface area contributed by atoms with Gasteiger partial charge in [0.05, 0.1) is 26.1 Å². The van der Waals surface area contributed by atoms with Crippen molar-refractivity contribution in [3.63, 3.8) is 0 Å². The summed E-state index contributed by atoms with van der Waals surface area (Å²) >= 11 is 0. The summed E-state index contributed by atoms with van der Waals surface area (Å²) < 4.78 is 9.41. The number of rotatable bonds is 2. The number of hydrogen-bond donors (Lipinski definition) is 2. The van der Waals surface area contributed by atoms with Crippen LogP contribution < -0.4 is 11.5 Å². The summed E-state index contributed by atoms with van der Waals surface area (Å²) in [4.78, 5) is 22.6. The Morgan fingerprint density at radius 3 is 1.27 bits per heavy atom. The molecule has 0 aromatic heterocycles. The van der Waals surface area contributed by atoms with Gasteiger partial charge in [0.1, 0.15) is 0 Å². The van der Waals surface area contributed by atoms with Crippen molar-refractivity contribution in [2.75, 3.05) is 14.2 Å². The first kappa shape index (κ1) is 23.0. The van der Waals surface area contributed by atoms with Crippen molar-refractivity contribution in [3.05, 3.63) is 24.3 Å². The van der Waals surface area contributed by atoms with E-state index in [2.05, 4.69) is 24.3 Å².